The second-order valence-electron chi connectivity index (χ2n) is 7.60. The maximum atomic E-state index is 13.1. The van der Waals surface area contributed by atoms with Gasteiger partial charge in [-0.15, -0.1) is 0 Å². The number of piperazine rings is 1. The van der Waals surface area contributed by atoms with Gasteiger partial charge in [0.25, 0.3) is 5.91 Å². The number of para-hydroxylation sites is 1. The zero-order chi connectivity index (χ0) is 22.7. The number of rotatable bonds is 6. The molecule has 32 heavy (non-hydrogen) atoms. The first-order valence-corrected chi connectivity index (χ1v) is 11.3. The number of aromatic nitrogens is 1. The van der Waals surface area contributed by atoms with Crippen LogP contribution in [0.3, 0.4) is 0 Å². The quantitative estimate of drug-likeness (QED) is 0.454. The van der Waals surface area contributed by atoms with Gasteiger partial charge in [-0.05, 0) is 36.8 Å². The van der Waals surface area contributed by atoms with E-state index < -0.39 is 0 Å². The van der Waals surface area contributed by atoms with Gasteiger partial charge in [0.1, 0.15) is 18.1 Å². The van der Waals surface area contributed by atoms with Crippen LogP contribution in [0, 0.1) is 6.92 Å². The molecule has 1 fully saturated rings. The topological polar surface area (TPSA) is 58.8 Å². The molecule has 1 saturated heterocycles. The van der Waals surface area contributed by atoms with Gasteiger partial charge < -0.3 is 14.2 Å². The molecular formula is C23H22Cl3N3O3. The van der Waals surface area contributed by atoms with Crippen molar-refractivity contribution in [2.75, 3.05) is 26.2 Å². The number of halogens is 3. The second-order valence-corrected chi connectivity index (χ2v) is 8.82. The van der Waals surface area contributed by atoms with E-state index in [9.17, 15) is 4.79 Å². The first-order valence-electron chi connectivity index (χ1n) is 10.2. The molecule has 168 valence electrons. The van der Waals surface area contributed by atoms with Gasteiger partial charge in [-0.1, -0.05) is 58.2 Å². The minimum atomic E-state index is -0.159. The van der Waals surface area contributed by atoms with Gasteiger partial charge in [-0.25, -0.2) is 0 Å². The van der Waals surface area contributed by atoms with Crippen molar-refractivity contribution in [1.29, 1.82) is 0 Å². The fourth-order valence-electron chi connectivity index (χ4n) is 3.60. The molecule has 2 aromatic carbocycles. The van der Waals surface area contributed by atoms with Crippen molar-refractivity contribution in [3.8, 4) is 5.75 Å². The molecule has 4 rings (SSSR count). The van der Waals surface area contributed by atoms with Crippen LogP contribution in [0.4, 0.5) is 0 Å². The average molecular weight is 495 g/mol. The van der Waals surface area contributed by atoms with Crippen LogP contribution in [-0.2, 0) is 13.2 Å². The Bertz CT molecular complexity index is 1110. The van der Waals surface area contributed by atoms with Crippen molar-refractivity contribution in [2.24, 2.45) is 0 Å². The fraction of sp³-hybridized carbons (Fsp3) is 0.304. The summed E-state index contributed by atoms with van der Waals surface area (Å²) < 4.78 is 11.1. The highest BCUT2D eigenvalue weighted by Crippen LogP contribution is 2.26. The van der Waals surface area contributed by atoms with Gasteiger partial charge in [0.2, 0.25) is 0 Å². The fourth-order valence-corrected chi connectivity index (χ4v) is 4.11. The number of nitrogens with zero attached hydrogens (tertiary/aromatic N) is 3. The third-order valence-corrected chi connectivity index (χ3v) is 6.50. The maximum Gasteiger partial charge on any atom is 0.276 e. The highest BCUT2D eigenvalue weighted by atomic mass is 35.5. The SMILES string of the molecule is Cc1onc(C(=O)N2CCN(Cc3ccc(Cl)c(Cl)c3)CC2)c1COc1ccccc1Cl. The van der Waals surface area contributed by atoms with Crippen LogP contribution in [0.2, 0.25) is 15.1 Å². The van der Waals surface area contributed by atoms with E-state index in [-0.39, 0.29) is 18.2 Å². The summed E-state index contributed by atoms with van der Waals surface area (Å²) in [5.74, 6) is 0.941. The molecule has 1 aromatic heterocycles. The summed E-state index contributed by atoms with van der Waals surface area (Å²) in [6.45, 7) is 5.34. The zero-order valence-corrected chi connectivity index (χ0v) is 19.8. The summed E-state index contributed by atoms with van der Waals surface area (Å²) in [7, 11) is 0. The molecule has 0 N–H and O–H groups in total. The highest BCUT2D eigenvalue weighted by Gasteiger charge is 2.28. The monoisotopic (exact) mass is 493 g/mol. The van der Waals surface area contributed by atoms with E-state index in [1.807, 2.05) is 24.3 Å². The Morgan fingerprint density at radius 2 is 1.78 bits per heavy atom. The number of benzene rings is 2. The predicted octanol–water partition coefficient (Wildman–Crippen LogP) is 5.48. The Labute approximate surface area is 201 Å². The summed E-state index contributed by atoms with van der Waals surface area (Å²) in [5.41, 5.74) is 2.01. The molecule has 0 aliphatic carbocycles. The number of carbonyl (C=O) groups excluding carboxylic acids is 1. The Morgan fingerprint density at radius 1 is 1.03 bits per heavy atom. The van der Waals surface area contributed by atoms with Crippen LogP contribution in [0.5, 0.6) is 5.75 Å². The van der Waals surface area contributed by atoms with E-state index in [1.165, 1.54) is 0 Å². The van der Waals surface area contributed by atoms with Crippen molar-refractivity contribution in [2.45, 2.75) is 20.1 Å². The Balaban J connectivity index is 1.37. The Hall–Kier alpha value is -2.25. The van der Waals surface area contributed by atoms with E-state index in [0.29, 0.717) is 45.2 Å². The molecule has 1 amide bonds. The first-order chi connectivity index (χ1) is 15.4. The molecule has 2 heterocycles. The Morgan fingerprint density at radius 3 is 2.50 bits per heavy atom. The van der Waals surface area contributed by atoms with E-state index in [1.54, 1.807) is 30.0 Å². The molecule has 0 saturated carbocycles. The minimum absolute atomic E-state index is 0.150. The number of hydrogen-bond acceptors (Lipinski definition) is 5. The molecule has 9 heteroatoms. The zero-order valence-electron chi connectivity index (χ0n) is 17.5. The molecule has 0 bridgehead atoms. The molecule has 6 nitrogen and oxygen atoms in total. The van der Waals surface area contributed by atoms with E-state index >= 15 is 0 Å². The Kier molecular flexibility index (Phi) is 7.26. The molecule has 0 unspecified atom stereocenters. The third kappa shape index (κ3) is 5.21. The normalized spacial score (nSPS) is 14.6. The van der Waals surface area contributed by atoms with Crippen molar-refractivity contribution < 1.29 is 14.1 Å². The van der Waals surface area contributed by atoms with Gasteiger partial charge in [0.05, 0.1) is 20.6 Å². The molecule has 1 aliphatic heterocycles. The van der Waals surface area contributed by atoms with Crippen LogP contribution in [-0.4, -0.2) is 47.0 Å². The van der Waals surface area contributed by atoms with E-state index in [0.717, 1.165) is 25.2 Å². The number of ether oxygens (including phenoxy) is 1. The van der Waals surface area contributed by atoms with Gasteiger partial charge >= 0.3 is 0 Å². The van der Waals surface area contributed by atoms with Crippen LogP contribution < -0.4 is 4.74 Å². The van der Waals surface area contributed by atoms with Crippen molar-refractivity contribution >= 4 is 40.7 Å². The van der Waals surface area contributed by atoms with Gasteiger partial charge in [-0.3, -0.25) is 9.69 Å². The van der Waals surface area contributed by atoms with Crippen LogP contribution >= 0.6 is 34.8 Å². The second kappa shape index (κ2) is 10.1. The summed E-state index contributed by atoms with van der Waals surface area (Å²) >= 11 is 18.3. The summed E-state index contributed by atoms with van der Waals surface area (Å²) in [6.07, 6.45) is 0. The number of carbonyl (C=O) groups is 1. The largest absolute Gasteiger partial charge is 0.487 e. The summed E-state index contributed by atoms with van der Waals surface area (Å²) in [4.78, 5) is 17.2. The number of hydrogen-bond donors (Lipinski definition) is 0. The highest BCUT2D eigenvalue weighted by molar-refractivity contribution is 6.42. The van der Waals surface area contributed by atoms with E-state index in [4.69, 9.17) is 44.1 Å². The molecule has 0 atom stereocenters. The average Bonchev–Trinajstić information content (AvgIpc) is 3.16. The van der Waals surface area contributed by atoms with Crippen LogP contribution in [0.25, 0.3) is 0 Å². The number of aryl methyl sites for hydroxylation is 1. The summed E-state index contributed by atoms with van der Waals surface area (Å²) in [5, 5.41) is 5.61. The molecule has 1 aliphatic rings. The molecule has 0 radical (unpaired) electrons. The third-order valence-electron chi connectivity index (χ3n) is 5.45. The lowest BCUT2D eigenvalue weighted by Gasteiger charge is -2.34. The lowest BCUT2D eigenvalue weighted by Crippen LogP contribution is -2.48. The lowest BCUT2D eigenvalue weighted by molar-refractivity contribution is 0.0616. The van der Waals surface area contributed by atoms with Crippen molar-refractivity contribution in [3.63, 3.8) is 0 Å². The standard InChI is InChI=1S/C23H22Cl3N3O3/c1-15-17(14-31-21-5-3-2-4-19(21)25)22(27-32-15)23(30)29-10-8-28(9-11-29)13-16-6-7-18(24)20(26)12-16/h2-7,12H,8-11,13-14H2,1H3. The van der Waals surface area contributed by atoms with Gasteiger partial charge in [0.15, 0.2) is 5.69 Å². The first kappa shape index (κ1) is 22.9. The van der Waals surface area contributed by atoms with Crippen LogP contribution in [0.1, 0.15) is 27.4 Å². The van der Waals surface area contributed by atoms with Gasteiger partial charge in [0, 0.05) is 32.7 Å². The van der Waals surface area contributed by atoms with E-state index in [2.05, 4.69) is 10.1 Å². The molecule has 3 aromatic rings. The summed E-state index contributed by atoms with van der Waals surface area (Å²) in [6, 6.07) is 12.8. The minimum Gasteiger partial charge on any atom is -0.487 e. The van der Waals surface area contributed by atoms with Gasteiger partial charge in [-0.2, -0.15) is 0 Å². The number of amides is 1. The van der Waals surface area contributed by atoms with Crippen molar-refractivity contribution in [1.82, 2.24) is 15.0 Å². The predicted molar refractivity (Wildman–Crippen MR) is 125 cm³/mol. The lowest BCUT2D eigenvalue weighted by atomic mass is 10.1. The molecule has 0 spiro atoms. The smallest absolute Gasteiger partial charge is 0.276 e. The maximum absolute atomic E-state index is 13.1. The molecular weight excluding hydrogens is 473 g/mol. The van der Waals surface area contributed by atoms with Crippen molar-refractivity contribution in [3.05, 3.63) is 80.1 Å². The van der Waals surface area contributed by atoms with Crippen LogP contribution in [0.15, 0.2) is 47.0 Å².